The van der Waals surface area contributed by atoms with Crippen LogP contribution >= 0.6 is 0 Å². The molecule has 7 rings (SSSR count). The van der Waals surface area contributed by atoms with E-state index in [1.807, 2.05) is 6.20 Å². The molecular weight excluding hydrogens is 476 g/mol. The van der Waals surface area contributed by atoms with Crippen molar-refractivity contribution in [2.24, 2.45) is 7.05 Å². The molecule has 0 amide bonds. The summed E-state index contributed by atoms with van der Waals surface area (Å²) >= 11 is 0. The smallest absolute Gasteiger partial charge is 0.143 e. The number of nitrogens with one attached hydrogen (secondary N) is 1. The molecule has 0 fully saturated rings. The van der Waals surface area contributed by atoms with E-state index in [1.165, 1.54) is 16.3 Å². The average molecular weight is 507 g/mol. The Labute approximate surface area is 228 Å². The first-order chi connectivity index (χ1) is 18.9. The van der Waals surface area contributed by atoms with E-state index in [-0.39, 0.29) is 5.41 Å². The third-order valence-corrected chi connectivity index (χ3v) is 7.79. The van der Waals surface area contributed by atoms with E-state index in [2.05, 4.69) is 134 Å². The van der Waals surface area contributed by atoms with Gasteiger partial charge in [0.1, 0.15) is 5.82 Å². The minimum absolute atomic E-state index is 0.0685. The van der Waals surface area contributed by atoms with Gasteiger partial charge in [-0.2, -0.15) is 0 Å². The molecule has 0 saturated carbocycles. The number of aromatic nitrogens is 4. The number of aryl methyl sites for hydroxylation is 1. The Morgan fingerprint density at radius 1 is 0.718 bits per heavy atom. The predicted molar refractivity (Wildman–Crippen MR) is 163 cm³/mol. The van der Waals surface area contributed by atoms with Crippen molar-refractivity contribution in [3.63, 3.8) is 0 Å². The Bertz CT molecular complexity index is 2020. The van der Waals surface area contributed by atoms with Crippen molar-refractivity contribution >= 4 is 32.8 Å². The number of benzene rings is 4. The molecule has 7 aromatic rings. The Hall–Kier alpha value is -4.70. The van der Waals surface area contributed by atoms with Crippen LogP contribution in [0, 0.1) is 0 Å². The first-order valence-electron chi connectivity index (χ1n) is 13.4. The Kier molecular flexibility index (Phi) is 5.21. The molecule has 4 nitrogen and oxygen atoms in total. The second kappa shape index (κ2) is 8.67. The van der Waals surface area contributed by atoms with Crippen molar-refractivity contribution in [3.8, 4) is 33.8 Å². The Morgan fingerprint density at radius 3 is 2.33 bits per heavy atom. The molecule has 0 aliphatic heterocycles. The van der Waals surface area contributed by atoms with Gasteiger partial charge in [0, 0.05) is 46.2 Å². The summed E-state index contributed by atoms with van der Waals surface area (Å²) in [5, 5.41) is 2.45. The molecule has 4 aromatic carbocycles. The summed E-state index contributed by atoms with van der Waals surface area (Å²) in [6, 6.07) is 34.3. The highest BCUT2D eigenvalue weighted by atomic mass is 15.1. The van der Waals surface area contributed by atoms with Gasteiger partial charge in [0.15, 0.2) is 0 Å². The molecule has 0 saturated heterocycles. The van der Waals surface area contributed by atoms with Crippen LogP contribution in [0.2, 0.25) is 0 Å². The standard InChI is InChI=1S/C35H30N4/c1-35(2,3)24-18-19-36-30(21-24)23-11-7-10-22(20-23)25-13-9-17-31-33(25)38-34(39(31)4)28-15-8-14-27-26-12-5-6-16-29(26)37-32(27)28/h5-21,37H,1-4H3. The van der Waals surface area contributed by atoms with Crippen LogP contribution < -0.4 is 0 Å². The summed E-state index contributed by atoms with van der Waals surface area (Å²) in [7, 11) is 2.11. The van der Waals surface area contributed by atoms with Crippen LogP contribution in [0.3, 0.4) is 0 Å². The molecule has 0 aliphatic rings. The number of fused-ring (bicyclic) bond motifs is 4. The van der Waals surface area contributed by atoms with Crippen molar-refractivity contribution in [3.05, 3.63) is 109 Å². The number of aromatic amines is 1. The van der Waals surface area contributed by atoms with Gasteiger partial charge >= 0.3 is 0 Å². The van der Waals surface area contributed by atoms with Crippen LogP contribution in [-0.2, 0) is 12.5 Å². The molecule has 0 aliphatic carbocycles. The largest absolute Gasteiger partial charge is 0.354 e. The van der Waals surface area contributed by atoms with E-state index in [0.29, 0.717) is 0 Å². The van der Waals surface area contributed by atoms with Gasteiger partial charge < -0.3 is 9.55 Å². The summed E-state index contributed by atoms with van der Waals surface area (Å²) in [6.45, 7) is 6.70. The molecule has 0 spiro atoms. The lowest BCUT2D eigenvalue weighted by molar-refractivity contribution is 0.589. The second-order valence-electron chi connectivity index (χ2n) is 11.3. The highest BCUT2D eigenvalue weighted by Gasteiger charge is 2.18. The topological polar surface area (TPSA) is 46.5 Å². The quantitative estimate of drug-likeness (QED) is 0.260. The summed E-state index contributed by atoms with van der Waals surface area (Å²) in [5.41, 5.74) is 11.2. The van der Waals surface area contributed by atoms with Gasteiger partial charge in [-0.25, -0.2) is 4.98 Å². The number of imidazole rings is 1. The first kappa shape index (κ1) is 23.4. The zero-order valence-electron chi connectivity index (χ0n) is 22.7. The van der Waals surface area contributed by atoms with Crippen LogP contribution in [0.4, 0.5) is 0 Å². The zero-order valence-corrected chi connectivity index (χ0v) is 22.7. The van der Waals surface area contributed by atoms with Crippen LogP contribution in [0.5, 0.6) is 0 Å². The van der Waals surface area contributed by atoms with E-state index in [1.54, 1.807) is 0 Å². The molecule has 1 N–H and O–H groups in total. The van der Waals surface area contributed by atoms with Crippen molar-refractivity contribution in [2.45, 2.75) is 26.2 Å². The molecule has 39 heavy (non-hydrogen) atoms. The van der Waals surface area contributed by atoms with Gasteiger partial charge in [-0.05, 0) is 52.9 Å². The monoisotopic (exact) mass is 506 g/mol. The highest BCUT2D eigenvalue weighted by Crippen LogP contribution is 2.37. The normalized spacial score (nSPS) is 12.1. The molecular formula is C35H30N4. The minimum Gasteiger partial charge on any atom is -0.354 e. The summed E-state index contributed by atoms with van der Waals surface area (Å²) in [6.07, 6.45) is 1.92. The van der Waals surface area contributed by atoms with Crippen LogP contribution in [0.15, 0.2) is 103 Å². The van der Waals surface area contributed by atoms with Gasteiger partial charge in [0.2, 0.25) is 0 Å². The van der Waals surface area contributed by atoms with Crippen molar-refractivity contribution in [1.82, 2.24) is 19.5 Å². The van der Waals surface area contributed by atoms with Crippen LogP contribution in [0.25, 0.3) is 66.6 Å². The molecule has 3 aromatic heterocycles. The Balaban J connectivity index is 1.38. The van der Waals surface area contributed by atoms with Gasteiger partial charge in [0.25, 0.3) is 0 Å². The van der Waals surface area contributed by atoms with Gasteiger partial charge in [-0.1, -0.05) is 81.4 Å². The van der Waals surface area contributed by atoms with Crippen molar-refractivity contribution < 1.29 is 0 Å². The number of H-pyrrole nitrogens is 1. The molecule has 190 valence electrons. The van der Waals surface area contributed by atoms with E-state index < -0.39 is 0 Å². The fraction of sp³-hybridized carbons (Fsp3) is 0.143. The fourth-order valence-electron chi connectivity index (χ4n) is 5.65. The number of pyridine rings is 1. The summed E-state index contributed by atoms with van der Waals surface area (Å²) < 4.78 is 2.21. The van der Waals surface area contributed by atoms with E-state index >= 15 is 0 Å². The third-order valence-electron chi connectivity index (χ3n) is 7.79. The van der Waals surface area contributed by atoms with Crippen molar-refractivity contribution in [2.75, 3.05) is 0 Å². The lowest BCUT2D eigenvalue weighted by Crippen LogP contribution is -2.11. The summed E-state index contributed by atoms with van der Waals surface area (Å²) in [5.74, 6) is 0.949. The molecule has 4 heteroatoms. The zero-order chi connectivity index (χ0) is 26.7. The lowest BCUT2D eigenvalue weighted by atomic mass is 9.87. The fourth-order valence-corrected chi connectivity index (χ4v) is 5.65. The summed E-state index contributed by atoms with van der Waals surface area (Å²) in [4.78, 5) is 13.6. The SMILES string of the molecule is Cn1c(-c2cccc3c2[nH]c2ccccc23)nc2c(-c3cccc(-c4cc(C(C)(C)C)ccn4)c3)cccc21. The first-order valence-corrected chi connectivity index (χ1v) is 13.4. The molecule has 3 heterocycles. The lowest BCUT2D eigenvalue weighted by Gasteiger charge is -2.19. The highest BCUT2D eigenvalue weighted by molar-refractivity contribution is 6.11. The van der Waals surface area contributed by atoms with E-state index in [9.17, 15) is 0 Å². The van der Waals surface area contributed by atoms with Crippen LogP contribution in [-0.4, -0.2) is 19.5 Å². The molecule has 0 radical (unpaired) electrons. The van der Waals surface area contributed by atoms with E-state index in [0.717, 1.165) is 55.8 Å². The van der Waals surface area contributed by atoms with E-state index in [4.69, 9.17) is 9.97 Å². The maximum absolute atomic E-state index is 5.26. The number of para-hydroxylation sites is 3. The number of hydrogen-bond donors (Lipinski definition) is 1. The number of rotatable bonds is 3. The third kappa shape index (κ3) is 3.83. The predicted octanol–water partition coefficient (Wildman–Crippen LogP) is 8.90. The van der Waals surface area contributed by atoms with Crippen LogP contribution in [0.1, 0.15) is 26.3 Å². The second-order valence-corrected chi connectivity index (χ2v) is 11.3. The molecule has 0 bridgehead atoms. The number of hydrogen-bond acceptors (Lipinski definition) is 2. The van der Waals surface area contributed by atoms with Crippen molar-refractivity contribution in [1.29, 1.82) is 0 Å². The number of nitrogens with zero attached hydrogens (tertiary/aromatic N) is 3. The van der Waals surface area contributed by atoms with Gasteiger partial charge in [-0.15, -0.1) is 0 Å². The molecule has 0 unspecified atom stereocenters. The minimum atomic E-state index is 0.0685. The Morgan fingerprint density at radius 2 is 1.46 bits per heavy atom. The van der Waals surface area contributed by atoms with Gasteiger partial charge in [0.05, 0.1) is 22.2 Å². The maximum Gasteiger partial charge on any atom is 0.143 e. The maximum atomic E-state index is 5.26. The van der Waals surface area contributed by atoms with Gasteiger partial charge in [-0.3, -0.25) is 4.98 Å². The molecule has 0 atom stereocenters. The average Bonchev–Trinajstić information content (AvgIpc) is 3.50.